The van der Waals surface area contributed by atoms with E-state index >= 15 is 0 Å². The quantitative estimate of drug-likeness (QED) is 0.184. The van der Waals surface area contributed by atoms with Gasteiger partial charge in [-0.05, 0) is 46.5 Å². The van der Waals surface area contributed by atoms with E-state index in [0.717, 1.165) is 44.7 Å². The van der Waals surface area contributed by atoms with Gasteiger partial charge >= 0.3 is 0 Å². The van der Waals surface area contributed by atoms with E-state index in [1.807, 2.05) is 48.7 Å². The van der Waals surface area contributed by atoms with Crippen molar-refractivity contribution >= 4 is 21.8 Å². The first-order chi connectivity index (χ1) is 24.3. The molecule has 6 aromatic carbocycles. The normalized spacial score (nSPS) is 11.3. The third-order valence-electron chi connectivity index (χ3n) is 8.93. The molecule has 0 saturated heterocycles. The maximum atomic E-state index is 5.01. The molecule has 0 saturated carbocycles. The Morgan fingerprint density at radius 3 is 1.41 bits per heavy atom. The second-order valence-electron chi connectivity index (χ2n) is 12.0. The Morgan fingerprint density at radius 2 is 0.776 bits per heavy atom. The number of rotatable bonds is 6. The molecule has 0 unspecified atom stereocenters. The van der Waals surface area contributed by atoms with Crippen LogP contribution in [0.1, 0.15) is 0 Å². The van der Waals surface area contributed by atoms with Crippen molar-refractivity contribution in [2.24, 2.45) is 0 Å². The number of pyridine rings is 1. The van der Waals surface area contributed by atoms with Gasteiger partial charge in [-0.1, -0.05) is 146 Å². The molecule has 0 aliphatic heterocycles. The van der Waals surface area contributed by atoms with Gasteiger partial charge in [-0.2, -0.15) is 0 Å². The highest BCUT2D eigenvalue weighted by molar-refractivity contribution is 6.10. The lowest BCUT2D eigenvalue weighted by Gasteiger charge is -2.11. The van der Waals surface area contributed by atoms with Crippen LogP contribution < -0.4 is 0 Å². The summed E-state index contributed by atoms with van der Waals surface area (Å²) in [6, 6.07) is 58.5. The summed E-state index contributed by atoms with van der Waals surface area (Å²) < 4.78 is 2.24. The first-order valence-electron chi connectivity index (χ1n) is 16.3. The molecule has 9 rings (SSSR count). The third kappa shape index (κ3) is 5.33. The average molecular weight is 628 g/mol. The van der Waals surface area contributed by atoms with E-state index in [2.05, 4.69) is 132 Å². The van der Waals surface area contributed by atoms with Crippen LogP contribution in [0.4, 0.5) is 0 Å². The van der Waals surface area contributed by atoms with Gasteiger partial charge in [-0.15, -0.1) is 0 Å². The van der Waals surface area contributed by atoms with Gasteiger partial charge in [0, 0.05) is 33.7 Å². The second kappa shape index (κ2) is 12.1. The van der Waals surface area contributed by atoms with Crippen molar-refractivity contribution in [1.29, 1.82) is 0 Å². The van der Waals surface area contributed by atoms with Gasteiger partial charge in [0.1, 0.15) is 5.82 Å². The van der Waals surface area contributed by atoms with Crippen LogP contribution in [0.15, 0.2) is 176 Å². The molecule has 0 N–H and O–H groups in total. The lowest BCUT2D eigenvalue weighted by Crippen LogP contribution is -2.01. The van der Waals surface area contributed by atoms with Crippen LogP contribution in [0.25, 0.3) is 84.0 Å². The Hall–Kier alpha value is -6.72. The molecule has 3 aromatic heterocycles. The summed E-state index contributed by atoms with van der Waals surface area (Å²) >= 11 is 0. The molecule has 0 aliphatic carbocycles. The molecule has 0 atom stereocenters. The maximum absolute atomic E-state index is 5.01. The highest BCUT2D eigenvalue weighted by Gasteiger charge is 2.16. The highest BCUT2D eigenvalue weighted by Crippen LogP contribution is 2.35. The molecule has 3 heterocycles. The van der Waals surface area contributed by atoms with Crippen molar-refractivity contribution in [3.63, 3.8) is 0 Å². The van der Waals surface area contributed by atoms with Gasteiger partial charge in [-0.25, -0.2) is 19.9 Å². The molecule has 0 fully saturated rings. The lowest BCUT2D eigenvalue weighted by molar-refractivity contribution is 1.05. The standard InChI is InChI=1S/C44H29N5/c1-4-12-30(13-5-1)32-20-22-34(23-21-32)43-46-42(33-16-8-3-9-17-33)47-44(48-43)36-25-27-41(45-29-36)49-39-19-11-10-18-37(39)38-26-24-35(28-40(38)49)31-14-6-2-7-15-31/h1-29H. The van der Waals surface area contributed by atoms with Crippen LogP contribution in [0, 0.1) is 0 Å². The molecular weight excluding hydrogens is 599 g/mol. The van der Waals surface area contributed by atoms with Gasteiger partial charge in [-0.3, -0.25) is 4.57 Å². The first-order valence-corrected chi connectivity index (χ1v) is 16.3. The monoisotopic (exact) mass is 627 g/mol. The SMILES string of the molecule is c1ccc(-c2ccc(-c3nc(-c4ccccc4)nc(-c4ccc(-n5c6ccccc6c6ccc(-c7ccccc7)cc65)nc4)n3)cc2)cc1. The molecule has 0 spiro atoms. The number of benzene rings is 6. The minimum atomic E-state index is 0.573. The Kier molecular flexibility index (Phi) is 7.06. The van der Waals surface area contributed by atoms with Crippen molar-refractivity contribution in [2.45, 2.75) is 0 Å². The zero-order valence-corrected chi connectivity index (χ0v) is 26.5. The molecule has 9 aromatic rings. The van der Waals surface area contributed by atoms with Crippen LogP contribution in [-0.4, -0.2) is 24.5 Å². The topological polar surface area (TPSA) is 56.5 Å². The van der Waals surface area contributed by atoms with E-state index in [9.17, 15) is 0 Å². The van der Waals surface area contributed by atoms with E-state index in [1.165, 1.54) is 21.9 Å². The number of fused-ring (bicyclic) bond motifs is 3. The zero-order chi connectivity index (χ0) is 32.6. The number of aromatic nitrogens is 5. The van der Waals surface area contributed by atoms with Crippen molar-refractivity contribution in [2.75, 3.05) is 0 Å². The fourth-order valence-corrected chi connectivity index (χ4v) is 6.47. The third-order valence-corrected chi connectivity index (χ3v) is 8.93. The second-order valence-corrected chi connectivity index (χ2v) is 12.0. The highest BCUT2D eigenvalue weighted by atomic mass is 15.1. The van der Waals surface area contributed by atoms with E-state index in [0.29, 0.717) is 17.5 Å². The van der Waals surface area contributed by atoms with Crippen molar-refractivity contribution in [3.8, 4) is 62.2 Å². The summed E-state index contributed by atoms with van der Waals surface area (Å²) in [6.45, 7) is 0. The van der Waals surface area contributed by atoms with Crippen LogP contribution >= 0.6 is 0 Å². The first kappa shape index (κ1) is 28.5. The lowest BCUT2D eigenvalue weighted by atomic mass is 10.0. The average Bonchev–Trinajstić information content (AvgIpc) is 3.52. The summed E-state index contributed by atoms with van der Waals surface area (Å²) in [5.74, 6) is 2.63. The molecular formula is C44H29N5. The van der Waals surface area contributed by atoms with Gasteiger partial charge in [0.15, 0.2) is 17.5 Å². The smallest absolute Gasteiger partial charge is 0.165 e. The van der Waals surface area contributed by atoms with Gasteiger partial charge in [0.05, 0.1) is 11.0 Å². The van der Waals surface area contributed by atoms with Crippen molar-refractivity contribution in [3.05, 3.63) is 176 Å². The summed E-state index contributed by atoms with van der Waals surface area (Å²) in [7, 11) is 0. The Morgan fingerprint density at radius 1 is 0.327 bits per heavy atom. The predicted octanol–water partition coefficient (Wildman–Crippen LogP) is 10.7. The Labute approximate surface area is 283 Å². The summed E-state index contributed by atoms with van der Waals surface area (Å²) in [5, 5.41) is 2.38. The molecule has 0 amide bonds. The van der Waals surface area contributed by atoms with Crippen LogP contribution in [0.5, 0.6) is 0 Å². The van der Waals surface area contributed by atoms with Crippen molar-refractivity contribution < 1.29 is 0 Å². The Bertz CT molecular complexity index is 2560. The molecule has 0 aliphatic rings. The summed E-state index contributed by atoms with van der Waals surface area (Å²) in [5.41, 5.74) is 9.53. The summed E-state index contributed by atoms with van der Waals surface area (Å²) in [6.07, 6.45) is 1.86. The van der Waals surface area contributed by atoms with E-state index in [1.54, 1.807) is 0 Å². The number of hydrogen-bond donors (Lipinski definition) is 0. The van der Waals surface area contributed by atoms with Crippen molar-refractivity contribution in [1.82, 2.24) is 24.5 Å². The minimum absolute atomic E-state index is 0.573. The number of hydrogen-bond acceptors (Lipinski definition) is 4. The fourth-order valence-electron chi connectivity index (χ4n) is 6.47. The minimum Gasteiger partial charge on any atom is -0.294 e. The maximum Gasteiger partial charge on any atom is 0.165 e. The molecule has 5 heteroatoms. The van der Waals surface area contributed by atoms with Gasteiger partial charge in [0.2, 0.25) is 0 Å². The van der Waals surface area contributed by atoms with Gasteiger partial charge < -0.3 is 0 Å². The van der Waals surface area contributed by atoms with Crippen LogP contribution in [-0.2, 0) is 0 Å². The zero-order valence-electron chi connectivity index (χ0n) is 26.5. The van der Waals surface area contributed by atoms with Gasteiger partial charge in [0.25, 0.3) is 0 Å². The molecule has 230 valence electrons. The Balaban J connectivity index is 1.14. The van der Waals surface area contributed by atoms with E-state index < -0.39 is 0 Å². The largest absolute Gasteiger partial charge is 0.294 e. The van der Waals surface area contributed by atoms with Crippen LogP contribution in [0.3, 0.4) is 0 Å². The number of nitrogens with zero attached hydrogens (tertiary/aromatic N) is 5. The fraction of sp³-hybridized carbons (Fsp3) is 0. The van der Waals surface area contributed by atoms with E-state index in [-0.39, 0.29) is 0 Å². The predicted molar refractivity (Wildman–Crippen MR) is 199 cm³/mol. The molecule has 0 bridgehead atoms. The molecule has 49 heavy (non-hydrogen) atoms. The number of para-hydroxylation sites is 1. The van der Waals surface area contributed by atoms with Crippen LogP contribution in [0.2, 0.25) is 0 Å². The summed E-state index contributed by atoms with van der Waals surface area (Å²) in [4.78, 5) is 19.8. The molecule has 0 radical (unpaired) electrons. The molecule has 5 nitrogen and oxygen atoms in total. The van der Waals surface area contributed by atoms with E-state index in [4.69, 9.17) is 19.9 Å².